The van der Waals surface area contributed by atoms with Gasteiger partial charge in [0, 0.05) is 56.0 Å². The standard InChI is InChI=1S/C38H61FN2O6Si/c1-13-17-28-24-32(30-18-14-15-19-33(30)39)34(45-22-16-21-44-10)25-31(28)35(42)41(27(2)3)29(26-40-36(43)47-37(4,5)6)20-23-46-48(11,12)38(7,8)9/h14-15,18-19,24-25,27,29H,13,16-17,20-23,26H2,1-12H3,(H,40,43)/t29-/m1/s1. The Hall–Kier alpha value is -2.95. The molecule has 0 aliphatic carbocycles. The van der Waals surface area contributed by atoms with Gasteiger partial charge < -0.3 is 28.9 Å². The van der Waals surface area contributed by atoms with E-state index in [-0.39, 0.29) is 35.4 Å². The van der Waals surface area contributed by atoms with Gasteiger partial charge in [-0.2, -0.15) is 0 Å². The fraction of sp³-hybridized carbons (Fsp3) is 0.632. The Bertz CT molecular complexity index is 1340. The van der Waals surface area contributed by atoms with Gasteiger partial charge in [-0.05, 0) is 89.4 Å². The zero-order chi connectivity index (χ0) is 36.3. The van der Waals surface area contributed by atoms with Crippen LogP contribution in [0.5, 0.6) is 5.75 Å². The molecule has 0 fully saturated rings. The first-order valence-electron chi connectivity index (χ1n) is 17.3. The molecule has 0 aromatic heterocycles. The third kappa shape index (κ3) is 12.2. The molecular weight excluding hydrogens is 628 g/mol. The van der Waals surface area contributed by atoms with Crippen LogP contribution in [0.15, 0.2) is 36.4 Å². The Labute approximate surface area is 290 Å². The van der Waals surface area contributed by atoms with E-state index in [1.807, 2.05) is 45.6 Å². The van der Waals surface area contributed by atoms with E-state index in [9.17, 15) is 9.59 Å². The van der Waals surface area contributed by atoms with Crippen molar-refractivity contribution >= 4 is 20.3 Å². The Balaban J connectivity index is 2.62. The highest BCUT2D eigenvalue weighted by Crippen LogP contribution is 2.38. The maximum absolute atomic E-state index is 15.1. The molecule has 0 heterocycles. The van der Waals surface area contributed by atoms with Crippen molar-refractivity contribution in [3.63, 3.8) is 0 Å². The number of nitrogens with zero attached hydrogens (tertiary/aromatic N) is 1. The summed E-state index contributed by atoms with van der Waals surface area (Å²) in [5, 5.41) is 2.94. The molecule has 8 nitrogen and oxygen atoms in total. The van der Waals surface area contributed by atoms with Crippen LogP contribution in [0.1, 0.15) is 97.5 Å². The van der Waals surface area contributed by atoms with E-state index in [1.165, 1.54) is 6.07 Å². The molecular formula is C38H61FN2O6Si. The van der Waals surface area contributed by atoms with Gasteiger partial charge in [-0.15, -0.1) is 0 Å². The molecule has 0 saturated carbocycles. The van der Waals surface area contributed by atoms with E-state index in [0.29, 0.717) is 61.5 Å². The highest BCUT2D eigenvalue weighted by atomic mass is 28.4. The minimum atomic E-state index is -2.06. The summed E-state index contributed by atoms with van der Waals surface area (Å²) in [5.41, 5.74) is 1.67. The van der Waals surface area contributed by atoms with E-state index in [4.69, 9.17) is 18.6 Å². The van der Waals surface area contributed by atoms with E-state index in [1.54, 1.807) is 31.4 Å². The van der Waals surface area contributed by atoms with Gasteiger partial charge in [0.15, 0.2) is 8.32 Å². The minimum absolute atomic E-state index is 0.0273. The number of amides is 2. The Kier molecular flexibility index (Phi) is 15.6. The first kappa shape index (κ1) is 41.2. The highest BCUT2D eigenvalue weighted by Gasteiger charge is 2.38. The third-order valence-electron chi connectivity index (χ3n) is 8.65. The number of ether oxygens (including phenoxy) is 3. The average molecular weight is 689 g/mol. The first-order valence-corrected chi connectivity index (χ1v) is 20.2. The maximum atomic E-state index is 15.1. The number of halogens is 1. The zero-order valence-corrected chi connectivity index (χ0v) is 32.6. The molecule has 2 aromatic rings. The number of carbonyl (C=O) groups is 2. The summed E-state index contributed by atoms with van der Waals surface area (Å²) in [6.45, 7) is 23.9. The number of hydrogen-bond donors (Lipinski definition) is 1. The fourth-order valence-electron chi connectivity index (χ4n) is 5.18. The van der Waals surface area contributed by atoms with E-state index in [0.717, 1.165) is 12.0 Å². The van der Waals surface area contributed by atoms with Gasteiger partial charge in [-0.1, -0.05) is 52.3 Å². The Morgan fingerprint density at radius 1 is 0.979 bits per heavy atom. The zero-order valence-electron chi connectivity index (χ0n) is 31.6. The molecule has 270 valence electrons. The molecule has 2 rings (SSSR count). The Morgan fingerprint density at radius 2 is 1.65 bits per heavy atom. The van der Waals surface area contributed by atoms with Crippen molar-refractivity contribution in [2.45, 2.75) is 124 Å². The number of aryl methyl sites for hydroxylation is 1. The van der Waals surface area contributed by atoms with Crippen LogP contribution in [0.3, 0.4) is 0 Å². The van der Waals surface area contributed by atoms with E-state index >= 15 is 4.39 Å². The number of nitrogens with one attached hydrogen (secondary N) is 1. The van der Waals surface area contributed by atoms with Gasteiger partial charge in [0.25, 0.3) is 5.91 Å². The second kappa shape index (κ2) is 18.2. The topological polar surface area (TPSA) is 86.3 Å². The SMILES string of the molecule is CCCc1cc(-c2ccccc2F)c(OCCCOC)cc1C(=O)N(C(C)C)[C@H](CCO[Si](C)(C)C(C)(C)C)CNC(=O)OC(C)(C)C. The lowest BCUT2D eigenvalue weighted by Gasteiger charge is -2.39. The predicted octanol–water partition coefficient (Wildman–Crippen LogP) is 9.02. The van der Waals surface area contributed by atoms with Gasteiger partial charge in [0.05, 0.1) is 12.6 Å². The van der Waals surface area contributed by atoms with Crippen molar-refractivity contribution in [3.05, 3.63) is 53.3 Å². The van der Waals surface area contributed by atoms with Gasteiger partial charge in [-0.3, -0.25) is 4.79 Å². The van der Waals surface area contributed by atoms with Gasteiger partial charge in [0.2, 0.25) is 0 Å². The van der Waals surface area contributed by atoms with Crippen molar-refractivity contribution in [2.24, 2.45) is 0 Å². The number of rotatable bonds is 17. The minimum Gasteiger partial charge on any atom is -0.493 e. The van der Waals surface area contributed by atoms with Crippen molar-refractivity contribution < 1.29 is 32.6 Å². The average Bonchev–Trinajstić information content (AvgIpc) is 2.97. The van der Waals surface area contributed by atoms with E-state index < -0.39 is 20.0 Å². The molecule has 1 N–H and O–H groups in total. The van der Waals surface area contributed by atoms with Crippen molar-refractivity contribution in [2.75, 3.05) is 33.5 Å². The summed E-state index contributed by atoms with van der Waals surface area (Å²) >= 11 is 0. The number of hydrogen-bond acceptors (Lipinski definition) is 6. The molecule has 0 aliphatic rings. The first-order chi connectivity index (χ1) is 22.3. The van der Waals surface area contributed by atoms with Crippen LogP contribution in [-0.4, -0.2) is 76.4 Å². The lowest BCUT2D eigenvalue weighted by Crippen LogP contribution is -2.51. The molecule has 0 bridgehead atoms. The van der Waals surface area contributed by atoms with Crippen molar-refractivity contribution in [1.29, 1.82) is 0 Å². The largest absolute Gasteiger partial charge is 0.493 e. The van der Waals surface area contributed by atoms with Crippen LogP contribution in [-0.2, 0) is 20.3 Å². The molecule has 10 heteroatoms. The summed E-state index contributed by atoms with van der Waals surface area (Å²) in [4.78, 5) is 29.4. The molecule has 0 radical (unpaired) electrons. The molecule has 2 aromatic carbocycles. The maximum Gasteiger partial charge on any atom is 0.407 e. The third-order valence-corrected chi connectivity index (χ3v) is 13.2. The van der Waals surface area contributed by atoms with Crippen molar-refractivity contribution in [3.8, 4) is 16.9 Å². The summed E-state index contributed by atoms with van der Waals surface area (Å²) < 4.78 is 38.6. The van der Waals surface area contributed by atoms with Crippen molar-refractivity contribution in [1.82, 2.24) is 10.2 Å². The van der Waals surface area contributed by atoms with Crippen LogP contribution < -0.4 is 10.1 Å². The lowest BCUT2D eigenvalue weighted by molar-refractivity contribution is 0.0445. The number of carbonyl (C=O) groups excluding carboxylic acids is 2. The second-order valence-electron chi connectivity index (χ2n) is 15.2. The number of benzene rings is 2. The van der Waals surface area contributed by atoms with Gasteiger partial charge in [-0.25, -0.2) is 9.18 Å². The summed E-state index contributed by atoms with van der Waals surface area (Å²) in [6, 6.07) is 9.67. The molecule has 0 aliphatic heterocycles. The van der Waals surface area contributed by atoms with Crippen LogP contribution in [0, 0.1) is 5.82 Å². The molecule has 0 unspecified atom stereocenters. The van der Waals surface area contributed by atoms with Gasteiger partial charge in [0.1, 0.15) is 17.2 Å². The van der Waals surface area contributed by atoms with Crippen LogP contribution in [0.4, 0.5) is 9.18 Å². The Morgan fingerprint density at radius 3 is 2.21 bits per heavy atom. The molecule has 2 amide bonds. The number of methoxy groups -OCH3 is 1. The number of alkyl carbamates (subject to hydrolysis) is 1. The van der Waals surface area contributed by atoms with Crippen LogP contribution in [0.25, 0.3) is 11.1 Å². The molecule has 48 heavy (non-hydrogen) atoms. The van der Waals surface area contributed by atoms with Crippen LogP contribution in [0.2, 0.25) is 18.1 Å². The quantitative estimate of drug-likeness (QED) is 0.132. The highest BCUT2D eigenvalue weighted by molar-refractivity contribution is 6.74. The molecule has 0 saturated heterocycles. The summed E-state index contributed by atoms with van der Waals surface area (Å²) in [5.74, 6) is -0.106. The van der Waals surface area contributed by atoms with Gasteiger partial charge >= 0.3 is 6.09 Å². The lowest BCUT2D eigenvalue weighted by atomic mass is 9.93. The smallest absolute Gasteiger partial charge is 0.407 e. The van der Waals surface area contributed by atoms with Crippen LogP contribution >= 0.6 is 0 Å². The monoisotopic (exact) mass is 688 g/mol. The van der Waals surface area contributed by atoms with E-state index in [2.05, 4.69) is 46.1 Å². The molecule has 0 spiro atoms. The summed E-state index contributed by atoms with van der Waals surface area (Å²) in [6.07, 6.45) is 2.02. The summed E-state index contributed by atoms with van der Waals surface area (Å²) in [7, 11) is -0.430. The molecule has 1 atom stereocenters. The normalized spacial score (nSPS) is 13.0. The second-order valence-corrected chi connectivity index (χ2v) is 20.0. The predicted molar refractivity (Wildman–Crippen MR) is 195 cm³/mol. The fourth-order valence-corrected chi connectivity index (χ4v) is 6.24.